The van der Waals surface area contributed by atoms with Gasteiger partial charge in [-0.15, -0.1) is 0 Å². The fourth-order valence-corrected chi connectivity index (χ4v) is 2.92. The fourth-order valence-electron chi connectivity index (χ4n) is 2.92. The number of pyridine rings is 1. The maximum Gasteiger partial charge on any atom is 0.311 e. The SMILES string of the molecule is CN(C)C1(CNc2ncccc2[N+](=O)[O-])CCCCC1. The predicted octanol–water partition coefficient (Wildman–Crippen LogP) is 2.67. The van der Waals surface area contributed by atoms with Crippen molar-refractivity contribution >= 4 is 11.5 Å². The summed E-state index contributed by atoms with van der Waals surface area (Å²) in [4.78, 5) is 17.0. The third-order valence-electron chi connectivity index (χ3n) is 4.30. The zero-order chi connectivity index (χ0) is 14.6. The molecule has 20 heavy (non-hydrogen) atoms. The minimum absolute atomic E-state index is 0.0391. The first-order chi connectivity index (χ1) is 9.55. The first-order valence-corrected chi connectivity index (χ1v) is 7.06. The standard InChI is InChI=1S/C14H22N4O2/c1-17(2)14(8-4-3-5-9-14)11-16-13-12(18(19)20)7-6-10-15-13/h6-7,10H,3-5,8-9,11H2,1-2H3,(H,15,16). The zero-order valence-corrected chi connectivity index (χ0v) is 12.1. The van der Waals surface area contributed by atoms with Gasteiger partial charge in [0.05, 0.1) is 4.92 Å². The molecule has 1 fully saturated rings. The van der Waals surface area contributed by atoms with E-state index in [-0.39, 0.29) is 11.2 Å². The Labute approximate surface area is 119 Å². The number of nitrogens with one attached hydrogen (secondary N) is 1. The molecule has 6 nitrogen and oxygen atoms in total. The van der Waals surface area contributed by atoms with E-state index in [9.17, 15) is 10.1 Å². The van der Waals surface area contributed by atoms with Crippen molar-refractivity contribution in [2.45, 2.75) is 37.6 Å². The lowest BCUT2D eigenvalue weighted by Gasteiger charge is -2.43. The molecule has 0 unspecified atom stereocenters. The Bertz CT molecular complexity index is 470. The average Bonchev–Trinajstić information content (AvgIpc) is 2.46. The zero-order valence-electron chi connectivity index (χ0n) is 12.1. The molecule has 0 spiro atoms. The number of likely N-dealkylation sites (N-methyl/N-ethyl adjacent to an activating group) is 1. The molecular formula is C14H22N4O2. The Balaban J connectivity index is 2.12. The van der Waals surface area contributed by atoms with Gasteiger partial charge in [-0.25, -0.2) is 4.98 Å². The molecule has 1 aromatic heterocycles. The molecule has 0 aliphatic heterocycles. The van der Waals surface area contributed by atoms with E-state index in [0.717, 1.165) is 12.8 Å². The topological polar surface area (TPSA) is 71.3 Å². The van der Waals surface area contributed by atoms with Gasteiger partial charge < -0.3 is 10.2 Å². The lowest BCUT2D eigenvalue weighted by atomic mass is 9.80. The normalized spacial score (nSPS) is 17.9. The van der Waals surface area contributed by atoms with Crippen LogP contribution in [0.1, 0.15) is 32.1 Å². The number of nitrogens with zero attached hydrogens (tertiary/aromatic N) is 3. The lowest BCUT2D eigenvalue weighted by Crippen LogP contribution is -2.51. The summed E-state index contributed by atoms with van der Waals surface area (Å²) in [6.45, 7) is 0.692. The van der Waals surface area contributed by atoms with Crippen LogP contribution in [-0.4, -0.2) is 41.0 Å². The van der Waals surface area contributed by atoms with E-state index in [0.29, 0.717) is 12.4 Å². The van der Waals surface area contributed by atoms with Crippen molar-refractivity contribution in [2.24, 2.45) is 0 Å². The molecule has 1 aromatic rings. The minimum atomic E-state index is -0.390. The number of hydrogen-bond donors (Lipinski definition) is 1. The van der Waals surface area contributed by atoms with E-state index in [1.807, 2.05) is 0 Å². The van der Waals surface area contributed by atoms with E-state index in [4.69, 9.17) is 0 Å². The lowest BCUT2D eigenvalue weighted by molar-refractivity contribution is -0.384. The molecule has 1 saturated carbocycles. The van der Waals surface area contributed by atoms with Gasteiger partial charge in [-0.05, 0) is 33.0 Å². The van der Waals surface area contributed by atoms with Crippen LogP contribution in [0.2, 0.25) is 0 Å². The van der Waals surface area contributed by atoms with Crippen LogP contribution in [0.25, 0.3) is 0 Å². The Morgan fingerprint density at radius 3 is 2.70 bits per heavy atom. The monoisotopic (exact) mass is 278 g/mol. The molecule has 0 amide bonds. The van der Waals surface area contributed by atoms with Gasteiger partial charge in [0.1, 0.15) is 0 Å². The second-order valence-corrected chi connectivity index (χ2v) is 5.66. The van der Waals surface area contributed by atoms with E-state index in [2.05, 4.69) is 29.3 Å². The molecule has 2 rings (SSSR count). The van der Waals surface area contributed by atoms with Gasteiger partial charge in [-0.1, -0.05) is 19.3 Å². The highest BCUT2D eigenvalue weighted by Gasteiger charge is 2.34. The molecule has 1 N–H and O–H groups in total. The van der Waals surface area contributed by atoms with E-state index >= 15 is 0 Å². The van der Waals surface area contributed by atoms with Crippen LogP contribution in [0, 0.1) is 10.1 Å². The van der Waals surface area contributed by atoms with E-state index < -0.39 is 4.92 Å². The minimum Gasteiger partial charge on any atom is -0.362 e. The van der Waals surface area contributed by atoms with Gasteiger partial charge in [-0.2, -0.15) is 0 Å². The first-order valence-electron chi connectivity index (χ1n) is 7.06. The fraction of sp³-hybridized carbons (Fsp3) is 0.643. The van der Waals surface area contributed by atoms with Crippen molar-refractivity contribution in [3.63, 3.8) is 0 Å². The number of hydrogen-bond acceptors (Lipinski definition) is 5. The summed E-state index contributed by atoms with van der Waals surface area (Å²) in [5, 5.41) is 14.2. The van der Waals surface area contributed by atoms with E-state index in [1.165, 1.54) is 25.3 Å². The summed E-state index contributed by atoms with van der Waals surface area (Å²) >= 11 is 0. The molecule has 0 bridgehead atoms. The van der Waals surface area contributed by atoms with Crippen LogP contribution >= 0.6 is 0 Å². The van der Waals surface area contributed by atoms with Crippen molar-refractivity contribution in [2.75, 3.05) is 26.0 Å². The summed E-state index contributed by atoms with van der Waals surface area (Å²) in [6.07, 6.45) is 7.52. The van der Waals surface area contributed by atoms with Gasteiger partial charge in [-0.3, -0.25) is 10.1 Å². The van der Waals surface area contributed by atoms with Crippen molar-refractivity contribution in [1.82, 2.24) is 9.88 Å². The van der Waals surface area contributed by atoms with Crippen molar-refractivity contribution in [3.8, 4) is 0 Å². The Morgan fingerprint density at radius 1 is 1.40 bits per heavy atom. The maximum absolute atomic E-state index is 11.0. The van der Waals surface area contributed by atoms with Crippen LogP contribution in [0.15, 0.2) is 18.3 Å². The van der Waals surface area contributed by atoms with Crippen LogP contribution < -0.4 is 5.32 Å². The maximum atomic E-state index is 11.0. The molecule has 0 aromatic carbocycles. The first kappa shape index (κ1) is 14.7. The molecule has 0 radical (unpaired) electrons. The van der Waals surface area contributed by atoms with Crippen molar-refractivity contribution < 1.29 is 4.92 Å². The van der Waals surface area contributed by atoms with Crippen molar-refractivity contribution in [1.29, 1.82) is 0 Å². The molecule has 6 heteroatoms. The molecule has 0 atom stereocenters. The molecular weight excluding hydrogens is 256 g/mol. The number of nitro groups is 1. The van der Waals surface area contributed by atoms with Gasteiger partial charge in [0.25, 0.3) is 0 Å². The van der Waals surface area contributed by atoms with Crippen molar-refractivity contribution in [3.05, 3.63) is 28.4 Å². The average molecular weight is 278 g/mol. The highest BCUT2D eigenvalue weighted by atomic mass is 16.6. The summed E-state index contributed by atoms with van der Waals surface area (Å²) in [7, 11) is 4.17. The second kappa shape index (κ2) is 6.17. The molecule has 1 heterocycles. The third-order valence-corrected chi connectivity index (χ3v) is 4.30. The van der Waals surface area contributed by atoms with Gasteiger partial charge in [0.15, 0.2) is 0 Å². The third kappa shape index (κ3) is 3.07. The van der Waals surface area contributed by atoms with Crippen LogP contribution in [0.5, 0.6) is 0 Å². The highest BCUT2D eigenvalue weighted by molar-refractivity contribution is 5.55. The summed E-state index contributed by atoms with van der Waals surface area (Å²) < 4.78 is 0. The smallest absolute Gasteiger partial charge is 0.311 e. The van der Waals surface area contributed by atoms with Crippen LogP contribution in [0.3, 0.4) is 0 Å². The summed E-state index contributed by atoms with van der Waals surface area (Å²) in [5.41, 5.74) is 0.112. The van der Waals surface area contributed by atoms with Gasteiger partial charge in [0, 0.05) is 24.3 Å². The largest absolute Gasteiger partial charge is 0.362 e. The number of rotatable bonds is 5. The quantitative estimate of drug-likeness (QED) is 0.662. The van der Waals surface area contributed by atoms with Crippen LogP contribution in [0.4, 0.5) is 11.5 Å². The summed E-state index contributed by atoms with van der Waals surface area (Å²) in [5.74, 6) is 0.365. The Morgan fingerprint density at radius 2 is 2.10 bits per heavy atom. The van der Waals surface area contributed by atoms with Gasteiger partial charge in [0.2, 0.25) is 5.82 Å². The molecule has 0 saturated heterocycles. The van der Waals surface area contributed by atoms with Crippen LogP contribution in [-0.2, 0) is 0 Å². The number of aromatic nitrogens is 1. The molecule has 1 aliphatic carbocycles. The summed E-state index contributed by atoms with van der Waals surface area (Å²) in [6, 6.07) is 3.07. The van der Waals surface area contributed by atoms with E-state index in [1.54, 1.807) is 12.3 Å². The number of anilines is 1. The highest BCUT2D eigenvalue weighted by Crippen LogP contribution is 2.33. The van der Waals surface area contributed by atoms with Gasteiger partial charge >= 0.3 is 5.69 Å². The second-order valence-electron chi connectivity index (χ2n) is 5.66. The molecule has 1 aliphatic rings. The Kier molecular flexibility index (Phi) is 4.54. The Hall–Kier alpha value is -1.69. The molecule has 110 valence electrons. The predicted molar refractivity (Wildman–Crippen MR) is 78.9 cm³/mol.